The molecule has 1 unspecified atom stereocenters. The van der Waals surface area contributed by atoms with E-state index in [2.05, 4.69) is 5.32 Å². The number of thioether (sulfide) groups is 1. The second-order valence-electron chi connectivity index (χ2n) is 5.55. The summed E-state index contributed by atoms with van der Waals surface area (Å²) in [6.45, 7) is 0.801. The summed E-state index contributed by atoms with van der Waals surface area (Å²) in [7, 11) is -1.63. The van der Waals surface area contributed by atoms with Crippen molar-refractivity contribution in [2.45, 2.75) is 22.3 Å². The Morgan fingerprint density at radius 2 is 1.84 bits per heavy atom. The molecule has 1 atom stereocenters. The number of nitrogens with one attached hydrogen (secondary N) is 1. The summed E-state index contributed by atoms with van der Waals surface area (Å²) in [6.07, 6.45) is 1.41. The monoisotopic (exact) mass is 418 g/mol. The fourth-order valence-corrected chi connectivity index (χ4v) is 6.49. The van der Waals surface area contributed by atoms with Crippen molar-refractivity contribution in [1.82, 2.24) is 5.32 Å². The molecule has 3 rings (SSSR count). The molecule has 1 aliphatic rings. The SMILES string of the molecule is CNCCCC1Sc2ccccc2N(c2ccc(Cl)cc2)S1(=O)=O.Cl. The maximum Gasteiger partial charge on any atom is 0.252 e. The molecule has 1 aliphatic heterocycles. The molecule has 0 saturated carbocycles. The molecule has 0 radical (unpaired) electrons. The van der Waals surface area contributed by atoms with E-state index in [4.69, 9.17) is 11.6 Å². The van der Waals surface area contributed by atoms with Crippen molar-refractivity contribution in [2.24, 2.45) is 0 Å². The zero-order valence-corrected chi connectivity index (χ0v) is 16.9. The number of hydrogen-bond donors (Lipinski definition) is 1. The van der Waals surface area contributed by atoms with Crippen LogP contribution < -0.4 is 9.62 Å². The number of halogens is 2. The Kier molecular flexibility index (Phi) is 7.05. The van der Waals surface area contributed by atoms with Crippen molar-refractivity contribution < 1.29 is 8.42 Å². The van der Waals surface area contributed by atoms with Gasteiger partial charge < -0.3 is 5.32 Å². The van der Waals surface area contributed by atoms with E-state index in [1.807, 2.05) is 31.3 Å². The molecule has 2 aromatic rings. The van der Waals surface area contributed by atoms with Crippen molar-refractivity contribution in [3.63, 3.8) is 0 Å². The first-order chi connectivity index (χ1) is 11.5. The Bertz CT molecular complexity index is 814. The summed E-state index contributed by atoms with van der Waals surface area (Å²) in [4.78, 5) is 0.983. The van der Waals surface area contributed by atoms with E-state index in [0.717, 1.165) is 17.9 Å². The molecule has 0 fully saturated rings. The van der Waals surface area contributed by atoms with Gasteiger partial charge in [-0.1, -0.05) is 23.7 Å². The summed E-state index contributed by atoms with van der Waals surface area (Å²) in [5, 5.41) is 3.66. The van der Waals surface area contributed by atoms with Crippen molar-refractivity contribution in [3.8, 4) is 0 Å². The van der Waals surface area contributed by atoms with Gasteiger partial charge in [0, 0.05) is 9.92 Å². The first-order valence-corrected chi connectivity index (χ1v) is 10.5. The van der Waals surface area contributed by atoms with Gasteiger partial charge in [-0.2, -0.15) is 0 Å². The highest BCUT2D eigenvalue weighted by Gasteiger charge is 2.39. The number of benzene rings is 2. The Morgan fingerprint density at radius 1 is 1.16 bits per heavy atom. The van der Waals surface area contributed by atoms with Crippen LogP contribution in [0.15, 0.2) is 53.4 Å². The Labute approximate surface area is 164 Å². The predicted molar refractivity (Wildman–Crippen MR) is 109 cm³/mol. The lowest BCUT2D eigenvalue weighted by molar-refractivity contribution is 0.584. The quantitative estimate of drug-likeness (QED) is 0.717. The minimum Gasteiger partial charge on any atom is -0.320 e. The van der Waals surface area contributed by atoms with Gasteiger partial charge in [0.25, 0.3) is 10.0 Å². The molecule has 1 N–H and O–H groups in total. The van der Waals surface area contributed by atoms with Crippen molar-refractivity contribution in [1.29, 1.82) is 0 Å². The molecule has 25 heavy (non-hydrogen) atoms. The van der Waals surface area contributed by atoms with E-state index in [1.165, 1.54) is 16.1 Å². The normalized spacial score (nSPS) is 18.3. The molecule has 2 aromatic carbocycles. The van der Waals surface area contributed by atoms with Crippen LogP contribution in [0.2, 0.25) is 5.02 Å². The van der Waals surface area contributed by atoms with Gasteiger partial charge in [-0.15, -0.1) is 24.2 Å². The second-order valence-corrected chi connectivity index (χ2v) is 9.49. The summed E-state index contributed by atoms with van der Waals surface area (Å²) in [5.74, 6) is 0. The average Bonchev–Trinajstić information content (AvgIpc) is 2.56. The fraction of sp³-hybridized carbons (Fsp3) is 0.294. The first-order valence-electron chi connectivity index (χ1n) is 7.74. The highest BCUT2D eigenvalue weighted by molar-refractivity contribution is 8.14. The summed E-state index contributed by atoms with van der Waals surface area (Å²) in [5.41, 5.74) is 1.32. The Morgan fingerprint density at radius 3 is 2.52 bits per heavy atom. The number of anilines is 2. The van der Waals surface area contributed by atoms with Crippen LogP contribution in [0.5, 0.6) is 0 Å². The van der Waals surface area contributed by atoms with Crippen LogP contribution in [-0.4, -0.2) is 26.6 Å². The molecule has 0 amide bonds. The summed E-state index contributed by atoms with van der Waals surface area (Å²) in [6, 6.07) is 14.5. The second kappa shape index (κ2) is 8.64. The number of para-hydroxylation sites is 1. The zero-order chi connectivity index (χ0) is 17.2. The van der Waals surface area contributed by atoms with E-state index in [-0.39, 0.29) is 12.4 Å². The third-order valence-electron chi connectivity index (χ3n) is 3.86. The lowest BCUT2D eigenvalue weighted by Crippen LogP contribution is -2.37. The van der Waals surface area contributed by atoms with Crippen LogP contribution in [0.1, 0.15) is 12.8 Å². The number of rotatable bonds is 5. The minimum absolute atomic E-state index is 0. The van der Waals surface area contributed by atoms with Crippen molar-refractivity contribution >= 4 is 57.2 Å². The highest BCUT2D eigenvalue weighted by atomic mass is 35.5. The summed E-state index contributed by atoms with van der Waals surface area (Å²) >= 11 is 7.39. The van der Waals surface area contributed by atoms with Crippen LogP contribution in [0.3, 0.4) is 0 Å². The maximum absolute atomic E-state index is 13.2. The van der Waals surface area contributed by atoms with Crippen molar-refractivity contribution in [3.05, 3.63) is 53.6 Å². The molecule has 0 spiro atoms. The van der Waals surface area contributed by atoms with Crippen LogP contribution in [0.25, 0.3) is 0 Å². The standard InChI is InChI=1S/C17H19ClN2O2S2.ClH/c1-19-12-4-7-17-23-16-6-3-2-5-15(16)20(24(17,21)22)14-10-8-13(18)9-11-14;/h2-3,5-6,8-11,17,19H,4,7,12H2,1H3;1H. The summed E-state index contributed by atoms with van der Waals surface area (Å²) < 4.78 is 27.4. The molecule has 4 nitrogen and oxygen atoms in total. The van der Waals surface area contributed by atoms with Crippen LogP contribution in [-0.2, 0) is 10.0 Å². The largest absolute Gasteiger partial charge is 0.320 e. The molecular weight excluding hydrogens is 399 g/mol. The number of hydrogen-bond acceptors (Lipinski definition) is 4. The molecular formula is C17H20Cl2N2O2S2. The molecule has 0 aromatic heterocycles. The lowest BCUT2D eigenvalue weighted by Gasteiger charge is -2.35. The number of nitrogens with zero attached hydrogens (tertiary/aromatic N) is 1. The molecule has 136 valence electrons. The van der Waals surface area contributed by atoms with Gasteiger partial charge in [0.05, 0.1) is 11.4 Å². The molecule has 1 heterocycles. The average molecular weight is 419 g/mol. The maximum atomic E-state index is 13.2. The Hall–Kier alpha value is -0.920. The van der Waals surface area contributed by atoms with Gasteiger partial charge in [-0.3, -0.25) is 0 Å². The first kappa shape index (κ1) is 20.4. The topological polar surface area (TPSA) is 49.4 Å². The third-order valence-corrected chi connectivity index (χ3v) is 8.04. The highest BCUT2D eigenvalue weighted by Crippen LogP contribution is 2.47. The van der Waals surface area contributed by atoms with E-state index >= 15 is 0 Å². The van der Waals surface area contributed by atoms with E-state index in [0.29, 0.717) is 22.8 Å². The zero-order valence-electron chi connectivity index (χ0n) is 13.7. The van der Waals surface area contributed by atoms with E-state index < -0.39 is 14.6 Å². The number of fused-ring (bicyclic) bond motifs is 1. The van der Waals surface area contributed by atoms with Crippen LogP contribution in [0.4, 0.5) is 11.4 Å². The van der Waals surface area contributed by atoms with Crippen molar-refractivity contribution in [2.75, 3.05) is 17.9 Å². The van der Waals surface area contributed by atoms with Gasteiger partial charge in [0.2, 0.25) is 0 Å². The molecule has 0 saturated heterocycles. The van der Waals surface area contributed by atoms with Gasteiger partial charge in [-0.05, 0) is 62.8 Å². The lowest BCUT2D eigenvalue weighted by atomic mass is 10.2. The van der Waals surface area contributed by atoms with Gasteiger partial charge >= 0.3 is 0 Å². The minimum atomic E-state index is -3.50. The third kappa shape index (κ3) is 4.26. The van der Waals surface area contributed by atoms with Gasteiger partial charge in [-0.25, -0.2) is 12.7 Å². The molecule has 8 heteroatoms. The fourth-order valence-electron chi connectivity index (χ4n) is 2.70. The van der Waals surface area contributed by atoms with E-state index in [9.17, 15) is 8.42 Å². The predicted octanol–water partition coefficient (Wildman–Crippen LogP) is 4.66. The molecule has 0 aliphatic carbocycles. The Balaban J connectivity index is 0.00000225. The molecule has 0 bridgehead atoms. The van der Waals surface area contributed by atoms with Gasteiger partial charge in [0.1, 0.15) is 4.58 Å². The van der Waals surface area contributed by atoms with Gasteiger partial charge in [0.15, 0.2) is 0 Å². The van der Waals surface area contributed by atoms with E-state index in [1.54, 1.807) is 24.3 Å². The van der Waals surface area contributed by atoms with Crippen LogP contribution >= 0.6 is 35.8 Å². The smallest absolute Gasteiger partial charge is 0.252 e. The van der Waals surface area contributed by atoms with Crippen LogP contribution in [0, 0.1) is 0 Å². The number of sulfonamides is 1.